The molecule has 2 aromatic carbocycles. The van der Waals surface area contributed by atoms with Gasteiger partial charge < -0.3 is 9.47 Å². The zero-order valence-corrected chi connectivity index (χ0v) is 18.7. The van der Waals surface area contributed by atoms with Crippen LogP contribution < -0.4 is 0 Å². The van der Waals surface area contributed by atoms with E-state index in [0.717, 1.165) is 43.2 Å². The topological polar surface area (TPSA) is 52.6 Å². The molecule has 164 valence electrons. The molecule has 0 fully saturated rings. The lowest BCUT2D eigenvalue weighted by Crippen LogP contribution is -2.23. The molecular formula is C27H32O4. The highest BCUT2D eigenvalue weighted by atomic mass is 16.5. The summed E-state index contributed by atoms with van der Waals surface area (Å²) in [4.78, 5) is 25.2. The first kappa shape index (κ1) is 21.6. The highest BCUT2D eigenvalue weighted by molar-refractivity contribution is 5.91. The summed E-state index contributed by atoms with van der Waals surface area (Å²) < 4.78 is 10.2. The minimum Gasteiger partial charge on any atom is -0.469 e. The van der Waals surface area contributed by atoms with Gasteiger partial charge in [-0.05, 0) is 104 Å². The molecule has 2 aliphatic rings. The van der Waals surface area contributed by atoms with Crippen LogP contribution >= 0.6 is 0 Å². The summed E-state index contributed by atoms with van der Waals surface area (Å²) in [5.41, 5.74) is 8.02. The van der Waals surface area contributed by atoms with Gasteiger partial charge >= 0.3 is 11.9 Å². The molecule has 0 bridgehead atoms. The van der Waals surface area contributed by atoms with Crippen molar-refractivity contribution >= 4 is 11.9 Å². The normalized spacial score (nSPS) is 16.1. The van der Waals surface area contributed by atoms with Crippen LogP contribution in [-0.4, -0.2) is 26.2 Å². The van der Waals surface area contributed by atoms with Crippen LogP contribution in [0.4, 0.5) is 0 Å². The standard InChI is InChI=1S/C27H32O4/c1-30-26(28)24(14-18-11-12-19-7-3-4-8-20(19)13-18)16-23-15-21-9-5-6-10-22(21)17-25(23)27(29)31-2/h11-13,15,17,24H,3-10,14,16H2,1-2H3/t24-/m0/s1. The number of aryl methyl sites for hydroxylation is 4. The molecule has 0 saturated heterocycles. The quantitative estimate of drug-likeness (QED) is 0.630. The molecule has 0 saturated carbocycles. The highest BCUT2D eigenvalue weighted by Crippen LogP contribution is 2.29. The molecule has 0 unspecified atom stereocenters. The predicted molar refractivity (Wildman–Crippen MR) is 120 cm³/mol. The summed E-state index contributed by atoms with van der Waals surface area (Å²) in [5, 5.41) is 0. The van der Waals surface area contributed by atoms with Gasteiger partial charge in [-0.15, -0.1) is 0 Å². The number of methoxy groups -OCH3 is 2. The van der Waals surface area contributed by atoms with E-state index >= 15 is 0 Å². The summed E-state index contributed by atoms with van der Waals surface area (Å²) in [6.07, 6.45) is 10.2. The summed E-state index contributed by atoms with van der Waals surface area (Å²) in [5.74, 6) is -0.899. The van der Waals surface area contributed by atoms with Crippen LogP contribution in [0.1, 0.15) is 69.4 Å². The molecule has 1 atom stereocenters. The van der Waals surface area contributed by atoms with Crippen LogP contribution in [0, 0.1) is 5.92 Å². The molecule has 31 heavy (non-hydrogen) atoms. The average molecular weight is 421 g/mol. The van der Waals surface area contributed by atoms with Gasteiger partial charge in [-0.3, -0.25) is 4.79 Å². The molecule has 0 radical (unpaired) electrons. The number of esters is 2. The molecule has 4 heteroatoms. The molecule has 0 aromatic heterocycles. The first-order valence-corrected chi connectivity index (χ1v) is 11.5. The van der Waals surface area contributed by atoms with Gasteiger partial charge in [-0.2, -0.15) is 0 Å². The number of carbonyl (C=O) groups is 2. The fraction of sp³-hybridized carbons (Fsp3) is 0.481. The van der Waals surface area contributed by atoms with Crippen molar-refractivity contribution in [1.82, 2.24) is 0 Å². The smallest absolute Gasteiger partial charge is 0.338 e. The maximum atomic E-state index is 12.7. The zero-order chi connectivity index (χ0) is 21.8. The molecule has 0 N–H and O–H groups in total. The van der Waals surface area contributed by atoms with Crippen LogP contribution in [0.5, 0.6) is 0 Å². The van der Waals surface area contributed by atoms with Crippen LogP contribution in [0.3, 0.4) is 0 Å². The first-order valence-electron chi connectivity index (χ1n) is 11.5. The molecule has 2 aromatic rings. The van der Waals surface area contributed by atoms with Gasteiger partial charge in [0, 0.05) is 0 Å². The Kier molecular flexibility index (Phi) is 6.74. The number of fused-ring (bicyclic) bond motifs is 2. The van der Waals surface area contributed by atoms with Crippen molar-refractivity contribution in [3.63, 3.8) is 0 Å². The summed E-state index contributed by atoms with van der Waals surface area (Å²) in [7, 11) is 2.85. The van der Waals surface area contributed by atoms with Gasteiger partial charge in [0.25, 0.3) is 0 Å². The highest BCUT2D eigenvalue weighted by Gasteiger charge is 2.25. The zero-order valence-electron chi connectivity index (χ0n) is 18.7. The predicted octanol–water partition coefficient (Wildman–Crippen LogP) is 4.81. The molecule has 4 nitrogen and oxygen atoms in total. The van der Waals surface area contributed by atoms with Crippen molar-refractivity contribution in [2.75, 3.05) is 14.2 Å². The number of ether oxygens (including phenoxy) is 2. The summed E-state index contributed by atoms with van der Waals surface area (Å²) >= 11 is 0. The number of benzene rings is 2. The maximum Gasteiger partial charge on any atom is 0.338 e. The molecule has 0 amide bonds. The van der Waals surface area contributed by atoms with Crippen molar-refractivity contribution in [1.29, 1.82) is 0 Å². The molecule has 0 aliphatic heterocycles. The van der Waals surface area contributed by atoms with Gasteiger partial charge in [0.1, 0.15) is 0 Å². The second-order valence-corrected chi connectivity index (χ2v) is 8.92. The van der Waals surface area contributed by atoms with Crippen molar-refractivity contribution in [2.24, 2.45) is 5.92 Å². The number of carbonyl (C=O) groups excluding carboxylic acids is 2. The molecule has 0 spiro atoms. The maximum absolute atomic E-state index is 12.7. The Labute approximate surface area is 185 Å². The van der Waals surface area contributed by atoms with Gasteiger partial charge in [0.2, 0.25) is 0 Å². The summed E-state index contributed by atoms with van der Waals surface area (Å²) in [6, 6.07) is 10.7. The van der Waals surface area contributed by atoms with Crippen molar-refractivity contribution in [2.45, 2.75) is 64.2 Å². The van der Waals surface area contributed by atoms with Crippen molar-refractivity contribution in [3.8, 4) is 0 Å². The van der Waals surface area contributed by atoms with Gasteiger partial charge in [-0.1, -0.05) is 24.3 Å². The third-order valence-electron chi connectivity index (χ3n) is 6.87. The number of rotatable bonds is 6. The Morgan fingerprint density at radius 3 is 2.03 bits per heavy atom. The SMILES string of the molecule is COC(=O)c1cc2c(cc1C[C@H](Cc1ccc3c(c1)CCCC3)C(=O)OC)CCCC2. The van der Waals surface area contributed by atoms with E-state index in [0.29, 0.717) is 18.4 Å². The second kappa shape index (κ2) is 9.67. The largest absolute Gasteiger partial charge is 0.469 e. The second-order valence-electron chi connectivity index (χ2n) is 8.92. The van der Waals surface area contributed by atoms with Crippen molar-refractivity contribution < 1.29 is 19.1 Å². The molecule has 4 rings (SSSR count). The third-order valence-corrected chi connectivity index (χ3v) is 6.87. The van der Waals surface area contributed by atoms with E-state index in [9.17, 15) is 9.59 Å². The Balaban J connectivity index is 1.63. The minimum atomic E-state index is -0.336. The van der Waals surface area contributed by atoms with Crippen molar-refractivity contribution in [3.05, 3.63) is 69.3 Å². The van der Waals surface area contributed by atoms with E-state index in [-0.39, 0.29) is 17.9 Å². The van der Waals surface area contributed by atoms with E-state index in [4.69, 9.17) is 9.47 Å². The van der Waals surface area contributed by atoms with E-state index in [1.165, 1.54) is 55.7 Å². The average Bonchev–Trinajstić information content (AvgIpc) is 2.82. The van der Waals surface area contributed by atoms with E-state index < -0.39 is 0 Å². The van der Waals surface area contributed by atoms with Crippen LogP contribution in [0.15, 0.2) is 30.3 Å². The van der Waals surface area contributed by atoms with E-state index in [1.54, 1.807) is 0 Å². The lowest BCUT2D eigenvalue weighted by Gasteiger charge is -2.22. The molecular weight excluding hydrogens is 388 g/mol. The van der Waals surface area contributed by atoms with E-state index in [2.05, 4.69) is 24.3 Å². The fourth-order valence-corrected chi connectivity index (χ4v) is 5.17. The lowest BCUT2D eigenvalue weighted by atomic mass is 9.83. The Bertz CT molecular complexity index is 975. The van der Waals surface area contributed by atoms with Crippen LogP contribution in [0.25, 0.3) is 0 Å². The monoisotopic (exact) mass is 420 g/mol. The lowest BCUT2D eigenvalue weighted by molar-refractivity contribution is -0.145. The molecule has 2 aliphatic carbocycles. The Morgan fingerprint density at radius 1 is 0.774 bits per heavy atom. The van der Waals surface area contributed by atoms with Gasteiger partial charge in [0.15, 0.2) is 0 Å². The first-order chi connectivity index (χ1) is 15.1. The Morgan fingerprint density at radius 2 is 1.39 bits per heavy atom. The third kappa shape index (κ3) is 4.84. The van der Waals surface area contributed by atoms with E-state index in [1.807, 2.05) is 6.07 Å². The minimum absolute atomic E-state index is 0.230. The summed E-state index contributed by atoms with van der Waals surface area (Å²) in [6.45, 7) is 0. The van der Waals surface area contributed by atoms with Gasteiger partial charge in [0.05, 0.1) is 25.7 Å². The Hall–Kier alpha value is -2.62. The fourth-order valence-electron chi connectivity index (χ4n) is 5.17. The van der Waals surface area contributed by atoms with Crippen LogP contribution in [-0.2, 0) is 52.8 Å². The number of hydrogen-bond acceptors (Lipinski definition) is 4. The molecule has 0 heterocycles. The number of hydrogen-bond donors (Lipinski definition) is 0. The van der Waals surface area contributed by atoms with Gasteiger partial charge in [-0.25, -0.2) is 4.79 Å². The van der Waals surface area contributed by atoms with Crippen LogP contribution in [0.2, 0.25) is 0 Å².